The van der Waals surface area contributed by atoms with E-state index in [4.69, 9.17) is 10.5 Å². The summed E-state index contributed by atoms with van der Waals surface area (Å²) >= 11 is 0. The Kier molecular flexibility index (Phi) is 4.74. The zero-order chi connectivity index (χ0) is 14.6. The summed E-state index contributed by atoms with van der Waals surface area (Å²) in [7, 11) is -3.56. The summed E-state index contributed by atoms with van der Waals surface area (Å²) in [5, 5.41) is 0. The highest BCUT2D eigenvalue weighted by molar-refractivity contribution is 7.90. The van der Waals surface area contributed by atoms with Gasteiger partial charge in [-0.3, -0.25) is 0 Å². The van der Waals surface area contributed by atoms with Gasteiger partial charge < -0.3 is 15.4 Å². The van der Waals surface area contributed by atoms with E-state index in [1.54, 1.807) is 18.2 Å². The molecule has 0 saturated carbocycles. The molecular weight excluding hydrogens is 278 g/mol. The number of hydrogen-bond acceptors (Lipinski definition) is 5. The Morgan fingerprint density at radius 1 is 1.40 bits per heavy atom. The summed E-state index contributed by atoms with van der Waals surface area (Å²) in [6.45, 7) is 3.59. The van der Waals surface area contributed by atoms with Gasteiger partial charge in [0.1, 0.15) is 11.2 Å². The standard InChI is InChI=1S/C13H19N3O3S/c1-2-19-11(9-14)7-8-16-10-15-20(17,18)13-6-4-3-5-12(13)16/h3-6,10-11H,2,7-9,14H2,1H3. The minimum absolute atomic E-state index is 0.0286. The zero-order valence-corrected chi connectivity index (χ0v) is 12.2. The molecule has 1 aliphatic rings. The Bertz CT molecular complexity index is 586. The van der Waals surface area contributed by atoms with Crippen LogP contribution in [0.4, 0.5) is 5.69 Å². The maximum atomic E-state index is 11.8. The highest BCUT2D eigenvalue weighted by Crippen LogP contribution is 2.29. The molecule has 1 atom stereocenters. The molecule has 0 bridgehead atoms. The van der Waals surface area contributed by atoms with Gasteiger partial charge in [0.2, 0.25) is 0 Å². The molecule has 2 N–H and O–H groups in total. The molecule has 0 saturated heterocycles. The lowest BCUT2D eigenvalue weighted by molar-refractivity contribution is 0.0649. The minimum atomic E-state index is -3.56. The van der Waals surface area contributed by atoms with Gasteiger partial charge in [0.05, 0.1) is 11.8 Å². The normalized spacial score (nSPS) is 17.8. The molecule has 1 heterocycles. The smallest absolute Gasteiger partial charge is 0.285 e. The van der Waals surface area contributed by atoms with E-state index in [0.717, 1.165) is 0 Å². The molecular formula is C13H19N3O3S. The van der Waals surface area contributed by atoms with Crippen LogP contribution in [0, 0.1) is 0 Å². The van der Waals surface area contributed by atoms with Crippen LogP contribution in [-0.2, 0) is 14.8 Å². The molecule has 1 unspecified atom stereocenters. The number of nitrogens with two attached hydrogens (primary N) is 1. The van der Waals surface area contributed by atoms with Crippen LogP contribution in [0.1, 0.15) is 13.3 Å². The molecule has 110 valence electrons. The predicted octanol–water partition coefficient (Wildman–Crippen LogP) is 0.978. The van der Waals surface area contributed by atoms with Crippen LogP contribution in [0.3, 0.4) is 0 Å². The van der Waals surface area contributed by atoms with Crippen molar-refractivity contribution in [2.75, 3.05) is 24.6 Å². The fourth-order valence-electron chi connectivity index (χ4n) is 2.12. The molecule has 20 heavy (non-hydrogen) atoms. The van der Waals surface area contributed by atoms with E-state index in [9.17, 15) is 8.42 Å². The van der Waals surface area contributed by atoms with Gasteiger partial charge in [0.15, 0.2) is 0 Å². The molecule has 1 aromatic carbocycles. The number of rotatable bonds is 6. The van der Waals surface area contributed by atoms with Gasteiger partial charge in [0.25, 0.3) is 10.0 Å². The molecule has 0 aromatic heterocycles. The molecule has 2 rings (SSSR count). The van der Waals surface area contributed by atoms with Crippen molar-refractivity contribution in [3.8, 4) is 0 Å². The number of hydrogen-bond donors (Lipinski definition) is 1. The van der Waals surface area contributed by atoms with E-state index < -0.39 is 10.0 Å². The molecule has 0 aliphatic carbocycles. The SMILES string of the molecule is CCOC(CN)CCN1C=NS(=O)(=O)c2ccccc21. The number of sulfonamides is 1. The molecule has 0 spiro atoms. The Hall–Kier alpha value is -1.44. The first-order valence-corrected chi connectivity index (χ1v) is 8.00. The van der Waals surface area contributed by atoms with Crippen LogP contribution in [0.5, 0.6) is 0 Å². The van der Waals surface area contributed by atoms with E-state index in [0.29, 0.717) is 31.8 Å². The average molecular weight is 297 g/mol. The number of benzene rings is 1. The van der Waals surface area contributed by atoms with Crippen molar-refractivity contribution in [3.63, 3.8) is 0 Å². The lowest BCUT2D eigenvalue weighted by Gasteiger charge is -2.26. The van der Waals surface area contributed by atoms with Crippen molar-refractivity contribution in [1.82, 2.24) is 0 Å². The first kappa shape index (κ1) is 15.0. The van der Waals surface area contributed by atoms with E-state index in [1.165, 1.54) is 6.34 Å². The van der Waals surface area contributed by atoms with E-state index in [1.807, 2.05) is 17.9 Å². The van der Waals surface area contributed by atoms with Gasteiger partial charge in [-0.1, -0.05) is 12.1 Å². The highest BCUT2D eigenvalue weighted by atomic mass is 32.2. The third-order valence-corrected chi connectivity index (χ3v) is 4.41. The van der Waals surface area contributed by atoms with Crippen molar-refractivity contribution >= 4 is 22.0 Å². The third kappa shape index (κ3) is 3.17. The Morgan fingerprint density at radius 2 is 2.15 bits per heavy atom. The number of anilines is 1. The number of para-hydroxylation sites is 1. The molecule has 1 aromatic rings. The van der Waals surface area contributed by atoms with Crippen molar-refractivity contribution in [3.05, 3.63) is 24.3 Å². The quantitative estimate of drug-likeness (QED) is 0.846. The van der Waals surface area contributed by atoms with E-state index in [2.05, 4.69) is 4.40 Å². The zero-order valence-electron chi connectivity index (χ0n) is 11.4. The van der Waals surface area contributed by atoms with Gasteiger partial charge in [-0.25, -0.2) is 0 Å². The number of fused-ring (bicyclic) bond motifs is 1. The first-order chi connectivity index (χ1) is 9.58. The predicted molar refractivity (Wildman–Crippen MR) is 78.6 cm³/mol. The van der Waals surface area contributed by atoms with E-state index in [-0.39, 0.29) is 11.0 Å². The van der Waals surface area contributed by atoms with Crippen molar-refractivity contribution in [2.45, 2.75) is 24.3 Å². The summed E-state index contributed by atoms with van der Waals surface area (Å²) in [6, 6.07) is 6.84. The molecule has 6 nitrogen and oxygen atoms in total. The monoisotopic (exact) mass is 297 g/mol. The Labute approximate surface area is 119 Å². The van der Waals surface area contributed by atoms with Gasteiger partial charge in [-0.05, 0) is 25.5 Å². The number of ether oxygens (including phenoxy) is 1. The topological polar surface area (TPSA) is 85.0 Å². The van der Waals surface area contributed by atoms with Crippen LogP contribution in [0.2, 0.25) is 0 Å². The summed E-state index contributed by atoms with van der Waals surface area (Å²) in [5.74, 6) is 0. The van der Waals surface area contributed by atoms with Crippen molar-refractivity contribution in [1.29, 1.82) is 0 Å². The summed E-state index contributed by atoms with van der Waals surface area (Å²) in [4.78, 5) is 2.06. The highest BCUT2D eigenvalue weighted by Gasteiger charge is 2.24. The van der Waals surface area contributed by atoms with Gasteiger partial charge in [-0.2, -0.15) is 8.42 Å². The maximum absolute atomic E-state index is 11.8. The Balaban J connectivity index is 2.15. The second-order valence-corrected chi connectivity index (χ2v) is 6.06. The summed E-state index contributed by atoms with van der Waals surface area (Å²) in [5.41, 5.74) is 6.29. The van der Waals surface area contributed by atoms with Crippen LogP contribution >= 0.6 is 0 Å². The van der Waals surface area contributed by atoms with Crippen LogP contribution in [0.15, 0.2) is 33.6 Å². The molecule has 1 aliphatic heterocycles. The van der Waals surface area contributed by atoms with E-state index >= 15 is 0 Å². The molecule has 0 amide bonds. The average Bonchev–Trinajstić information content (AvgIpc) is 2.45. The number of nitrogens with zero attached hydrogens (tertiary/aromatic N) is 2. The lowest BCUT2D eigenvalue weighted by Crippen LogP contribution is -2.33. The van der Waals surface area contributed by atoms with Gasteiger partial charge >= 0.3 is 0 Å². The van der Waals surface area contributed by atoms with Crippen LogP contribution < -0.4 is 10.6 Å². The van der Waals surface area contributed by atoms with Crippen molar-refractivity contribution in [2.24, 2.45) is 10.1 Å². The summed E-state index contributed by atoms with van der Waals surface area (Å²) < 4.78 is 32.8. The molecule has 0 radical (unpaired) electrons. The third-order valence-electron chi connectivity index (χ3n) is 3.14. The maximum Gasteiger partial charge on any atom is 0.285 e. The first-order valence-electron chi connectivity index (χ1n) is 6.56. The Morgan fingerprint density at radius 3 is 2.85 bits per heavy atom. The lowest BCUT2D eigenvalue weighted by atomic mass is 10.2. The fraction of sp³-hybridized carbons (Fsp3) is 0.462. The van der Waals surface area contributed by atoms with Gasteiger partial charge in [-0.15, -0.1) is 4.40 Å². The second kappa shape index (κ2) is 6.34. The molecule has 0 fully saturated rings. The van der Waals surface area contributed by atoms with Gasteiger partial charge in [0, 0.05) is 19.7 Å². The van der Waals surface area contributed by atoms with Crippen LogP contribution in [0.25, 0.3) is 0 Å². The van der Waals surface area contributed by atoms with Crippen molar-refractivity contribution < 1.29 is 13.2 Å². The largest absolute Gasteiger partial charge is 0.377 e. The fourth-order valence-corrected chi connectivity index (χ4v) is 3.17. The summed E-state index contributed by atoms with van der Waals surface area (Å²) in [6.07, 6.45) is 2.04. The van der Waals surface area contributed by atoms with Crippen LogP contribution in [-0.4, -0.2) is 40.6 Å². The second-order valence-electron chi connectivity index (χ2n) is 4.46. The minimum Gasteiger partial charge on any atom is -0.377 e. The molecule has 7 heteroatoms.